The Bertz CT molecular complexity index is 554. The van der Waals surface area contributed by atoms with Crippen molar-refractivity contribution in [2.45, 2.75) is 32.2 Å². The largest absolute Gasteiger partial charge is 0.395 e. The lowest BCUT2D eigenvalue weighted by Gasteiger charge is -2.23. The third-order valence-electron chi connectivity index (χ3n) is 3.51. The second kappa shape index (κ2) is 8.11. The van der Waals surface area contributed by atoms with Gasteiger partial charge in [-0.05, 0) is 49.0 Å². The molecule has 0 unspecified atom stereocenters. The smallest absolute Gasteiger partial charge is 0.251 e. The summed E-state index contributed by atoms with van der Waals surface area (Å²) in [5.41, 5.74) is 2.48. The molecule has 1 aromatic rings. The SMILES string of the molecule is Cc1ccc(C#CCCO)cc1C(=O)NC1CCSCC1. The molecule has 1 amide bonds. The lowest BCUT2D eigenvalue weighted by molar-refractivity contribution is 0.0934. The molecule has 0 spiro atoms. The van der Waals surface area contributed by atoms with Crippen molar-refractivity contribution < 1.29 is 9.90 Å². The molecule has 2 N–H and O–H groups in total. The number of benzene rings is 1. The molecule has 21 heavy (non-hydrogen) atoms. The van der Waals surface area contributed by atoms with Crippen molar-refractivity contribution in [1.29, 1.82) is 0 Å². The minimum Gasteiger partial charge on any atom is -0.395 e. The van der Waals surface area contributed by atoms with Crippen molar-refractivity contribution in [3.63, 3.8) is 0 Å². The van der Waals surface area contributed by atoms with Gasteiger partial charge in [0.25, 0.3) is 5.91 Å². The van der Waals surface area contributed by atoms with Crippen molar-refractivity contribution in [2.75, 3.05) is 18.1 Å². The molecule has 1 heterocycles. The predicted molar refractivity (Wildman–Crippen MR) is 87.6 cm³/mol. The van der Waals surface area contributed by atoms with E-state index in [1.54, 1.807) is 0 Å². The van der Waals surface area contributed by atoms with Gasteiger partial charge < -0.3 is 10.4 Å². The zero-order valence-electron chi connectivity index (χ0n) is 12.3. The summed E-state index contributed by atoms with van der Waals surface area (Å²) in [7, 11) is 0. The van der Waals surface area contributed by atoms with Crippen LogP contribution in [0.15, 0.2) is 18.2 Å². The van der Waals surface area contributed by atoms with Crippen LogP contribution in [0, 0.1) is 18.8 Å². The van der Waals surface area contributed by atoms with E-state index in [4.69, 9.17) is 5.11 Å². The number of aryl methyl sites for hydroxylation is 1. The number of hydrogen-bond acceptors (Lipinski definition) is 3. The normalized spacial score (nSPS) is 15.1. The minimum absolute atomic E-state index is 0.00444. The zero-order chi connectivity index (χ0) is 15.1. The van der Waals surface area contributed by atoms with Gasteiger partial charge in [0.2, 0.25) is 0 Å². The summed E-state index contributed by atoms with van der Waals surface area (Å²) in [6, 6.07) is 5.97. The molecule has 3 nitrogen and oxygen atoms in total. The van der Waals surface area contributed by atoms with Crippen molar-refractivity contribution >= 4 is 17.7 Å². The van der Waals surface area contributed by atoms with E-state index >= 15 is 0 Å². The van der Waals surface area contributed by atoms with Gasteiger partial charge in [-0.2, -0.15) is 11.8 Å². The van der Waals surface area contributed by atoms with Crippen LogP contribution in [-0.4, -0.2) is 35.2 Å². The number of carbonyl (C=O) groups excluding carboxylic acids is 1. The Morgan fingerprint density at radius 1 is 1.43 bits per heavy atom. The Morgan fingerprint density at radius 3 is 2.90 bits per heavy atom. The second-order valence-electron chi connectivity index (χ2n) is 5.17. The van der Waals surface area contributed by atoms with Gasteiger partial charge in [0.05, 0.1) is 6.61 Å². The van der Waals surface area contributed by atoms with Gasteiger partial charge in [0.15, 0.2) is 0 Å². The third-order valence-corrected chi connectivity index (χ3v) is 4.56. The van der Waals surface area contributed by atoms with Crippen LogP contribution in [0.4, 0.5) is 0 Å². The number of amides is 1. The molecule has 0 aromatic heterocycles. The fourth-order valence-electron chi connectivity index (χ4n) is 2.27. The maximum Gasteiger partial charge on any atom is 0.251 e. The summed E-state index contributed by atoms with van der Waals surface area (Å²) in [4.78, 5) is 12.4. The van der Waals surface area contributed by atoms with E-state index in [0.717, 1.165) is 35.5 Å². The molecule has 4 heteroatoms. The molecular formula is C17H21NO2S. The Labute approximate surface area is 130 Å². The number of thioether (sulfide) groups is 1. The van der Waals surface area contributed by atoms with Crippen LogP contribution in [0.2, 0.25) is 0 Å². The highest BCUT2D eigenvalue weighted by atomic mass is 32.2. The summed E-state index contributed by atoms with van der Waals surface area (Å²) in [6.07, 6.45) is 2.55. The highest BCUT2D eigenvalue weighted by molar-refractivity contribution is 7.99. The van der Waals surface area contributed by atoms with E-state index in [-0.39, 0.29) is 12.5 Å². The molecule has 1 aliphatic heterocycles. The first-order valence-electron chi connectivity index (χ1n) is 7.29. The maximum absolute atomic E-state index is 12.4. The average Bonchev–Trinajstić information content (AvgIpc) is 2.50. The quantitative estimate of drug-likeness (QED) is 0.843. The van der Waals surface area contributed by atoms with Crippen molar-refractivity contribution in [3.05, 3.63) is 34.9 Å². The van der Waals surface area contributed by atoms with E-state index < -0.39 is 0 Å². The molecule has 0 aliphatic carbocycles. The molecule has 1 aliphatic rings. The summed E-state index contributed by atoms with van der Waals surface area (Å²) < 4.78 is 0. The molecule has 0 saturated carbocycles. The Balaban J connectivity index is 2.08. The van der Waals surface area contributed by atoms with E-state index in [2.05, 4.69) is 17.2 Å². The lowest BCUT2D eigenvalue weighted by Crippen LogP contribution is -2.37. The van der Waals surface area contributed by atoms with Gasteiger partial charge in [-0.15, -0.1) is 0 Å². The Morgan fingerprint density at radius 2 is 2.19 bits per heavy atom. The van der Waals surface area contributed by atoms with Crippen molar-refractivity contribution in [2.24, 2.45) is 0 Å². The van der Waals surface area contributed by atoms with Gasteiger partial charge in [-0.25, -0.2) is 0 Å². The van der Waals surface area contributed by atoms with Gasteiger partial charge >= 0.3 is 0 Å². The number of nitrogens with one attached hydrogen (secondary N) is 1. The van der Waals surface area contributed by atoms with E-state index in [0.29, 0.717) is 18.0 Å². The van der Waals surface area contributed by atoms with Crippen molar-refractivity contribution in [3.8, 4) is 11.8 Å². The lowest BCUT2D eigenvalue weighted by atomic mass is 10.0. The van der Waals surface area contributed by atoms with E-state index in [9.17, 15) is 4.79 Å². The topological polar surface area (TPSA) is 49.3 Å². The summed E-state index contributed by atoms with van der Waals surface area (Å²) in [5.74, 6) is 8.10. The van der Waals surface area contributed by atoms with Gasteiger partial charge in [-0.3, -0.25) is 4.79 Å². The van der Waals surface area contributed by atoms with E-state index in [1.807, 2.05) is 36.9 Å². The second-order valence-corrected chi connectivity index (χ2v) is 6.39. The molecule has 0 atom stereocenters. The maximum atomic E-state index is 12.4. The molecule has 1 aromatic carbocycles. The first-order valence-corrected chi connectivity index (χ1v) is 8.45. The molecule has 2 rings (SSSR count). The number of aliphatic hydroxyl groups excluding tert-OH is 1. The standard InChI is InChI=1S/C17H21NO2S/c1-13-5-6-14(4-2-3-9-19)12-16(13)17(20)18-15-7-10-21-11-8-15/h5-6,12,15,19H,3,7-11H2,1H3,(H,18,20). The molecule has 0 radical (unpaired) electrons. The van der Waals surface area contributed by atoms with E-state index in [1.165, 1.54) is 0 Å². The molecular weight excluding hydrogens is 282 g/mol. The Kier molecular flexibility index (Phi) is 6.16. The molecule has 1 saturated heterocycles. The fraction of sp³-hybridized carbons (Fsp3) is 0.471. The highest BCUT2D eigenvalue weighted by Gasteiger charge is 2.18. The highest BCUT2D eigenvalue weighted by Crippen LogP contribution is 2.18. The van der Waals surface area contributed by atoms with Gasteiger partial charge in [0.1, 0.15) is 0 Å². The van der Waals surface area contributed by atoms with Crippen LogP contribution < -0.4 is 5.32 Å². The summed E-state index contributed by atoms with van der Waals surface area (Å²) in [6.45, 7) is 2.00. The average molecular weight is 303 g/mol. The predicted octanol–water partition coefficient (Wildman–Crippen LogP) is 2.35. The first-order chi connectivity index (χ1) is 10.2. The van der Waals surface area contributed by atoms with Gasteiger partial charge in [-0.1, -0.05) is 17.9 Å². The van der Waals surface area contributed by atoms with Crippen LogP contribution in [0.3, 0.4) is 0 Å². The van der Waals surface area contributed by atoms with Crippen molar-refractivity contribution in [1.82, 2.24) is 5.32 Å². The van der Waals surface area contributed by atoms with Crippen LogP contribution >= 0.6 is 11.8 Å². The molecule has 0 bridgehead atoms. The first kappa shape index (κ1) is 15.9. The van der Waals surface area contributed by atoms with Gasteiger partial charge in [0, 0.05) is 23.6 Å². The fourth-order valence-corrected chi connectivity index (χ4v) is 3.38. The summed E-state index contributed by atoms with van der Waals surface area (Å²) >= 11 is 1.95. The molecule has 1 fully saturated rings. The van der Waals surface area contributed by atoms with Crippen LogP contribution in [0.25, 0.3) is 0 Å². The zero-order valence-corrected chi connectivity index (χ0v) is 13.1. The van der Waals surface area contributed by atoms with Crippen LogP contribution in [-0.2, 0) is 0 Å². The van der Waals surface area contributed by atoms with Crippen LogP contribution in [0.1, 0.15) is 40.7 Å². The monoisotopic (exact) mass is 303 g/mol. The number of carbonyl (C=O) groups is 1. The third kappa shape index (κ3) is 4.80. The summed E-state index contributed by atoms with van der Waals surface area (Å²) in [5, 5.41) is 11.9. The number of rotatable bonds is 3. The number of hydrogen-bond donors (Lipinski definition) is 2. The molecule has 112 valence electrons. The Hall–Kier alpha value is -1.44. The number of aliphatic hydroxyl groups is 1. The van der Waals surface area contributed by atoms with Crippen LogP contribution in [0.5, 0.6) is 0 Å². The minimum atomic E-state index is -0.00444.